The van der Waals surface area contributed by atoms with Gasteiger partial charge in [-0.15, -0.1) is 0 Å². The van der Waals surface area contributed by atoms with Gasteiger partial charge in [-0.2, -0.15) is 0 Å². The highest BCUT2D eigenvalue weighted by Gasteiger charge is 2.23. The van der Waals surface area contributed by atoms with Gasteiger partial charge < -0.3 is 5.73 Å². The van der Waals surface area contributed by atoms with E-state index in [0.29, 0.717) is 29.5 Å². The molecule has 0 saturated carbocycles. The van der Waals surface area contributed by atoms with Crippen LogP contribution in [0.1, 0.15) is 25.8 Å². The highest BCUT2D eigenvalue weighted by molar-refractivity contribution is 7.89. The Bertz CT molecular complexity index is 558. The summed E-state index contributed by atoms with van der Waals surface area (Å²) in [5.41, 5.74) is 6.65. The van der Waals surface area contributed by atoms with Crippen molar-refractivity contribution in [1.29, 1.82) is 0 Å². The third-order valence-corrected chi connectivity index (χ3v) is 5.71. The molecule has 0 fully saturated rings. The van der Waals surface area contributed by atoms with Crippen LogP contribution in [-0.4, -0.2) is 32.4 Å². The van der Waals surface area contributed by atoms with Gasteiger partial charge in [-0.3, -0.25) is 0 Å². The maximum atomic E-state index is 12.5. The lowest BCUT2D eigenvalue weighted by Crippen LogP contribution is -2.34. The lowest BCUT2D eigenvalue weighted by Gasteiger charge is -2.22. The number of hydrogen-bond acceptors (Lipinski definition) is 3. The molecular weight excluding hydrogens is 296 g/mol. The molecule has 6 heteroatoms. The van der Waals surface area contributed by atoms with Crippen LogP contribution in [0.2, 0.25) is 5.02 Å². The predicted octanol–water partition coefficient (Wildman–Crippen LogP) is 2.64. The van der Waals surface area contributed by atoms with E-state index in [9.17, 15) is 8.42 Å². The molecule has 2 N–H and O–H groups in total. The second-order valence-electron chi connectivity index (χ2n) is 5.43. The molecular formula is C14H23ClN2O2S. The minimum Gasteiger partial charge on any atom is -0.327 e. The molecule has 20 heavy (non-hydrogen) atoms. The fourth-order valence-electron chi connectivity index (χ4n) is 1.80. The normalized spacial score (nSPS) is 14.0. The molecule has 4 nitrogen and oxygen atoms in total. The molecule has 0 saturated heterocycles. The van der Waals surface area contributed by atoms with Crippen molar-refractivity contribution in [2.24, 2.45) is 11.7 Å². The average molecular weight is 319 g/mol. The maximum Gasteiger partial charge on any atom is 0.243 e. The molecule has 0 heterocycles. The Morgan fingerprint density at radius 3 is 2.50 bits per heavy atom. The topological polar surface area (TPSA) is 63.4 Å². The molecule has 1 unspecified atom stereocenters. The summed E-state index contributed by atoms with van der Waals surface area (Å²) in [5, 5.41) is 0.418. The number of benzene rings is 1. The van der Waals surface area contributed by atoms with Gasteiger partial charge >= 0.3 is 0 Å². The number of rotatable bonds is 6. The summed E-state index contributed by atoms with van der Waals surface area (Å²) in [4.78, 5) is 0.255. The monoisotopic (exact) mass is 318 g/mol. The van der Waals surface area contributed by atoms with E-state index in [4.69, 9.17) is 17.3 Å². The zero-order valence-corrected chi connectivity index (χ0v) is 14.0. The number of nitrogens with two attached hydrogens (primary N) is 1. The van der Waals surface area contributed by atoms with Crippen molar-refractivity contribution < 1.29 is 8.42 Å². The van der Waals surface area contributed by atoms with E-state index < -0.39 is 10.0 Å². The minimum absolute atomic E-state index is 0.00638. The summed E-state index contributed by atoms with van der Waals surface area (Å²) in [6, 6.07) is 4.88. The first kappa shape index (κ1) is 17.4. The van der Waals surface area contributed by atoms with E-state index >= 15 is 0 Å². The summed E-state index contributed by atoms with van der Waals surface area (Å²) in [5.74, 6) is 0.332. The van der Waals surface area contributed by atoms with Crippen molar-refractivity contribution in [3.05, 3.63) is 28.8 Å². The summed E-state index contributed by atoms with van der Waals surface area (Å²) in [6.07, 6.45) is 0.632. The Kier molecular flexibility index (Phi) is 6.01. The van der Waals surface area contributed by atoms with Gasteiger partial charge in [0.2, 0.25) is 10.0 Å². The van der Waals surface area contributed by atoms with Crippen LogP contribution in [0, 0.1) is 12.8 Å². The van der Waals surface area contributed by atoms with E-state index in [0.717, 1.165) is 0 Å². The van der Waals surface area contributed by atoms with Gasteiger partial charge in [-0.1, -0.05) is 31.5 Å². The van der Waals surface area contributed by atoms with Crippen molar-refractivity contribution in [2.45, 2.75) is 38.1 Å². The van der Waals surface area contributed by atoms with Crippen LogP contribution in [0.3, 0.4) is 0 Å². The molecule has 0 aromatic heterocycles. The molecule has 1 aromatic carbocycles. The van der Waals surface area contributed by atoms with Crippen LogP contribution in [0.5, 0.6) is 0 Å². The van der Waals surface area contributed by atoms with Crippen molar-refractivity contribution in [3.63, 3.8) is 0 Å². The van der Waals surface area contributed by atoms with Gasteiger partial charge in [0, 0.05) is 24.7 Å². The molecule has 0 aliphatic carbocycles. The van der Waals surface area contributed by atoms with E-state index in [1.807, 2.05) is 13.8 Å². The Labute approximate surface area is 127 Å². The fraction of sp³-hybridized carbons (Fsp3) is 0.571. The van der Waals surface area contributed by atoms with E-state index in [1.165, 1.54) is 10.4 Å². The Morgan fingerprint density at radius 1 is 1.35 bits per heavy atom. The lowest BCUT2D eigenvalue weighted by molar-refractivity contribution is 0.397. The maximum absolute atomic E-state index is 12.5. The number of aryl methyl sites for hydroxylation is 1. The van der Waals surface area contributed by atoms with Crippen LogP contribution >= 0.6 is 11.6 Å². The molecule has 114 valence electrons. The highest BCUT2D eigenvalue weighted by Crippen LogP contribution is 2.23. The van der Waals surface area contributed by atoms with Gasteiger partial charge in [-0.25, -0.2) is 12.7 Å². The van der Waals surface area contributed by atoms with Crippen molar-refractivity contribution in [2.75, 3.05) is 13.6 Å². The third-order valence-electron chi connectivity index (χ3n) is 3.47. The average Bonchev–Trinajstić information content (AvgIpc) is 2.37. The third kappa shape index (κ3) is 4.19. The Morgan fingerprint density at radius 2 is 1.95 bits per heavy atom. The number of hydrogen-bond donors (Lipinski definition) is 1. The van der Waals surface area contributed by atoms with Crippen LogP contribution in [0.25, 0.3) is 0 Å². The van der Waals surface area contributed by atoms with Gasteiger partial charge in [-0.05, 0) is 37.0 Å². The van der Waals surface area contributed by atoms with E-state index in [1.54, 1.807) is 26.1 Å². The smallest absolute Gasteiger partial charge is 0.243 e. The van der Waals surface area contributed by atoms with Crippen LogP contribution in [0.4, 0.5) is 0 Å². The SMILES string of the molecule is Cc1ccc(Cl)cc1S(=O)(=O)N(C)CCC(N)C(C)C. The Balaban J connectivity index is 2.90. The van der Waals surface area contributed by atoms with E-state index in [2.05, 4.69) is 0 Å². The molecule has 0 bridgehead atoms. The van der Waals surface area contributed by atoms with Crippen LogP contribution in [-0.2, 0) is 10.0 Å². The number of nitrogens with zero attached hydrogens (tertiary/aromatic N) is 1. The van der Waals surface area contributed by atoms with Gasteiger partial charge in [0.05, 0.1) is 4.90 Å². The first-order valence-electron chi connectivity index (χ1n) is 6.64. The van der Waals surface area contributed by atoms with E-state index in [-0.39, 0.29) is 10.9 Å². The quantitative estimate of drug-likeness (QED) is 0.877. The minimum atomic E-state index is -3.52. The molecule has 0 aliphatic heterocycles. The van der Waals surface area contributed by atoms with Gasteiger partial charge in [0.1, 0.15) is 0 Å². The molecule has 0 aliphatic rings. The summed E-state index contributed by atoms with van der Waals surface area (Å²) in [7, 11) is -1.95. The largest absolute Gasteiger partial charge is 0.327 e. The molecule has 0 amide bonds. The molecule has 1 atom stereocenters. The summed E-state index contributed by atoms with van der Waals surface area (Å²) >= 11 is 5.89. The van der Waals surface area contributed by atoms with Crippen LogP contribution < -0.4 is 5.73 Å². The zero-order valence-electron chi connectivity index (χ0n) is 12.4. The number of halogens is 1. The Hall–Kier alpha value is -0.620. The van der Waals surface area contributed by atoms with Crippen molar-refractivity contribution >= 4 is 21.6 Å². The second-order valence-corrected chi connectivity index (χ2v) is 7.88. The molecule has 0 spiro atoms. The van der Waals surface area contributed by atoms with Gasteiger partial charge in [0.15, 0.2) is 0 Å². The summed E-state index contributed by atoms with van der Waals surface area (Å²) < 4.78 is 26.4. The molecule has 0 radical (unpaired) electrons. The number of sulfonamides is 1. The van der Waals surface area contributed by atoms with Gasteiger partial charge in [0.25, 0.3) is 0 Å². The zero-order chi connectivity index (χ0) is 15.5. The van der Waals surface area contributed by atoms with Crippen molar-refractivity contribution in [1.82, 2.24) is 4.31 Å². The second kappa shape index (κ2) is 6.89. The van der Waals surface area contributed by atoms with Crippen molar-refractivity contribution in [3.8, 4) is 0 Å². The lowest BCUT2D eigenvalue weighted by atomic mass is 10.0. The fourth-order valence-corrected chi connectivity index (χ4v) is 3.47. The first-order valence-corrected chi connectivity index (χ1v) is 8.46. The molecule has 1 aromatic rings. The predicted molar refractivity (Wildman–Crippen MR) is 83.4 cm³/mol. The molecule has 1 rings (SSSR count). The first-order chi connectivity index (χ1) is 9.16. The van der Waals surface area contributed by atoms with Crippen LogP contribution in [0.15, 0.2) is 23.1 Å². The summed E-state index contributed by atoms with van der Waals surface area (Å²) in [6.45, 7) is 6.21. The standard InChI is InChI=1S/C14H23ClN2O2S/c1-10(2)13(16)7-8-17(4)20(18,19)14-9-12(15)6-5-11(14)3/h5-6,9-10,13H,7-8,16H2,1-4H3. The highest BCUT2D eigenvalue weighted by atomic mass is 35.5.